The monoisotopic (exact) mass is 299 g/mol. The van der Waals surface area contributed by atoms with Crippen LogP contribution in [0.25, 0.3) is 0 Å². The molecule has 3 N–H and O–H groups in total. The van der Waals surface area contributed by atoms with Crippen molar-refractivity contribution in [2.24, 2.45) is 0 Å². The Labute approximate surface area is 122 Å². The minimum absolute atomic E-state index is 0.0950. The number of morpholine rings is 1. The first-order valence-corrected chi connectivity index (χ1v) is 6.88. The Balaban J connectivity index is 1.93. The van der Waals surface area contributed by atoms with Gasteiger partial charge in [-0.3, -0.25) is 9.69 Å². The fourth-order valence-electron chi connectivity index (χ4n) is 2.22. The number of nitrogens with zero attached hydrogens (tertiary/aromatic N) is 1. The van der Waals surface area contributed by atoms with Crippen LogP contribution in [0.3, 0.4) is 0 Å². The highest BCUT2D eigenvalue weighted by Crippen LogP contribution is 2.17. The fourth-order valence-corrected chi connectivity index (χ4v) is 2.22. The standard InChI is InChI=1S/C14H19F2N3O2/c1-2-19-3-4-21-10(8-19)7-18-14(20)9-5-11(15)13(17)12(16)6-9/h5-6,10H,2-4,7-8,17H2,1H3,(H,18,20). The summed E-state index contributed by atoms with van der Waals surface area (Å²) in [6.07, 6.45) is -0.119. The molecule has 0 radical (unpaired) electrons. The molecule has 5 nitrogen and oxygen atoms in total. The second-order valence-electron chi connectivity index (χ2n) is 4.95. The van der Waals surface area contributed by atoms with Crippen LogP contribution in [0.2, 0.25) is 0 Å². The minimum atomic E-state index is -0.939. The van der Waals surface area contributed by atoms with E-state index in [1.165, 1.54) is 0 Å². The van der Waals surface area contributed by atoms with E-state index < -0.39 is 23.2 Å². The topological polar surface area (TPSA) is 67.6 Å². The Bertz CT molecular complexity index is 502. The summed E-state index contributed by atoms with van der Waals surface area (Å²) < 4.78 is 32.2. The van der Waals surface area contributed by atoms with E-state index in [1.54, 1.807) is 0 Å². The van der Waals surface area contributed by atoms with Gasteiger partial charge in [0.15, 0.2) is 0 Å². The molecule has 1 aromatic rings. The van der Waals surface area contributed by atoms with Gasteiger partial charge in [-0.05, 0) is 18.7 Å². The van der Waals surface area contributed by atoms with Crippen LogP contribution >= 0.6 is 0 Å². The van der Waals surface area contributed by atoms with Crippen LogP contribution in [-0.4, -0.2) is 49.7 Å². The quantitative estimate of drug-likeness (QED) is 0.814. The zero-order valence-electron chi connectivity index (χ0n) is 11.9. The molecule has 0 aliphatic carbocycles. The highest BCUT2D eigenvalue weighted by atomic mass is 19.1. The third kappa shape index (κ3) is 3.89. The zero-order valence-corrected chi connectivity index (χ0v) is 11.9. The number of benzene rings is 1. The molecule has 1 aromatic carbocycles. The Morgan fingerprint density at radius 1 is 1.48 bits per heavy atom. The second-order valence-corrected chi connectivity index (χ2v) is 4.95. The van der Waals surface area contributed by atoms with Crippen LogP contribution in [0.1, 0.15) is 17.3 Å². The summed E-state index contributed by atoms with van der Waals surface area (Å²) in [7, 11) is 0. The van der Waals surface area contributed by atoms with Crippen LogP contribution in [0, 0.1) is 11.6 Å². The number of ether oxygens (including phenoxy) is 1. The first kappa shape index (κ1) is 15.7. The molecular formula is C14H19F2N3O2. The summed E-state index contributed by atoms with van der Waals surface area (Å²) in [5.41, 5.74) is 4.49. The third-order valence-corrected chi connectivity index (χ3v) is 3.50. The number of halogens is 2. The van der Waals surface area contributed by atoms with Gasteiger partial charge in [0.25, 0.3) is 5.91 Å². The number of carbonyl (C=O) groups is 1. The van der Waals surface area contributed by atoms with E-state index in [2.05, 4.69) is 17.1 Å². The van der Waals surface area contributed by atoms with E-state index in [0.717, 1.165) is 31.8 Å². The average molecular weight is 299 g/mol. The maximum Gasteiger partial charge on any atom is 0.251 e. The molecule has 1 amide bonds. The molecule has 7 heteroatoms. The van der Waals surface area contributed by atoms with Gasteiger partial charge < -0.3 is 15.8 Å². The number of nitrogens with one attached hydrogen (secondary N) is 1. The lowest BCUT2D eigenvalue weighted by Crippen LogP contribution is -2.47. The first-order chi connectivity index (χ1) is 10.0. The molecule has 0 saturated carbocycles. The van der Waals surface area contributed by atoms with Crippen molar-refractivity contribution in [3.8, 4) is 0 Å². The number of amides is 1. The molecule has 0 spiro atoms. The van der Waals surface area contributed by atoms with Crippen molar-refractivity contribution < 1.29 is 18.3 Å². The van der Waals surface area contributed by atoms with Crippen molar-refractivity contribution in [2.75, 3.05) is 38.5 Å². The van der Waals surface area contributed by atoms with E-state index in [9.17, 15) is 13.6 Å². The molecule has 1 heterocycles. The lowest BCUT2D eigenvalue weighted by atomic mass is 10.1. The van der Waals surface area contributed by atoms with Gasteiger partial charge in [-0.15, -0.1) is 0 Å². The predicted octanol–water partition coefficient (Wildman–Crippen LogP) is 0.998. The van der Waals surface area contributed by atoms with Crippen molar-refractivity contribution >= 4 is 11.6 Å². The van der Waals surface area contributed by atoms with Crippen LogP contribution in [0.5, 0.6) is 0 Å². The smallest absolute Gasteiger partial charge is 0.251 e. The van der Waals surface area contributed by atoms with Crippen LogP contribution in [-0.2, 0) is 4.74 Å². The molecular weight excluding hydrogens is 280 g/mol. The molecule has 1 fully saturated rings. The van der Waals surface area contributed by atoms with E-state index in [0.29, 0.717) is 13.2 Å². The van der Waals surface area contributed by atoms with Crippen molar-refractivity contribution in [3.05, 3.63) is 29.3 Å². The summed E-state index contributed by atoms with van der Waals surface area (Å²) >= 11 is 0. The maximum atomic E-state index is 13.3. The van der Waals surface area contributed by atoms with E-state index in [1.807, 2.05) is 0 Å². The maximum absolute atomic E-state index is 13.3. The number of hydrogen-bond donors (Lipinski definition) is 2. The van der Waals surface area contributed by atoms with Gasteiger partial charge in [-0.2, -0.15) is 0 Å². The lowest BCUT2D eigenvalue weighted by Gasteiger charge is -2.32. The number of rotatable bonds is 4. The van der Waals surface area contributed by atoms with Crippen LogP contribution in [0.4, 0.5) is 14.5 Å². The molecule has 0 aromatic heterocycles. The normalized spacial score (nSPS) is 19.5. The summed E-state index contributed by atoms with van der Waals surface area (Å²) in [4.78, 5) is 14.1. The molecule has 0 bridgehead atoms. The molecule has 1 aliphatic rings. The van der Waals surface area contributed by atoms with Crippen molar-refractivity contribution in [1.82, 2.24) is 10.2 Å². The Kier molecular flexibility index (Phi) is 5.08. The molecule has 1 aliphatic heterocycles. The summed E-state index contributed by atoms with van der Waals surface area (Å²) in [5, 5.41) is 2.62. The summed E-state index contributed by atoms with van der Waals surface area (Å²) in [6, 6.07) is 1.85. The number of hydrogen-bond acceptors (Lipinski definition) is 4. The molecule has 1 atom stereocenters. The highest BCUT2D eigenvalue weighted by Gasteiger charge is 2.20. The molecule has 2 rings (SSSR count). The van der Waals surface area contributed by atoms with Crippen molar-refractivity contribution in [1.29, 1.82) is 0 Å². The van der Waals surface area contributed by atoms with Gasteiger partial charge in [0.05, 0.1) is 12.7 Å². The average Bonchev–Trinajstić information content (AvgIpc) is 2.50. The number of nitrogen functional groups attached to an aromatic ring is 1. The van der Waals surface area contributed by atoms with Gasteiger partial charge in [0, 0.05) is 25.2 Å². The van der Waals surface area contributed by atoms with Crippen molar-refractivity contribution in [2.45, 2.75) is 13.0 Å². The molecule has 1 saturated heterocycles. The predicted molar refractivity (Wildman–Crippen MR) is 75.0 cm³/mol. The third-order valence-electron chi connectivity index (χ3n) is 3.50. The Morgan fingerprint density at radius 2 is 2.14 bits per heavy atom. The van der Waals surface area contributed by atoms with Gasteiger partial charge >= 0.3 is 0 Å². The SMILES string of the molecule is CCN1CCOC(CNC(=O)c2cc(F)c(N)c(F)c2)C1. The van der Waals surface area contributed by atoms with Crippen LogP contribution < -0.4 is 11.1 Å². The number of nitrogens with two attached hydrogens (primary N) is 1. The Morgan fingerprint density at radius 3 is 2.76 bits per heavy atom. The molecule has 1 unspecified atom stereocenters. The number of anilines is 1. The number of carbonyl (C=O) groups excluding carboxylic acids is 1. The first-order valence-electron chi connectivity index (χ1n) is 6.88. The highest BCUT2D eigenvalue weighted by molar-refractivity contribution is 5.94. The van der Waals surface area contributed by atoms with Gasteiger partial charge in [-0.25, -0.2) is 8.78 Å². The zero-order chi connectivity index (χ0) is 15.4. The summed E-state index contributed by atoms with van der Waals surface area (Å²) in [5.74, 6) is -2.43. The van der Waals surface area contributed by atoms with Gasteiger partial charge in [0.1, 0.15) is 17.3 Å². The van der Waals surface area contributed by atoms with E-state index in [-0.39, 0.29) is 11.7 Å². The Hall–Kier alpha value is -1.73. The lowest BCUT2D eigenvalue weighted by molar-refractivity contribution is -0.0246. The van der Waals surface area contributed by atoms with Gasteiger partial charge in [-0.1, -0.05) is 6.92 Å². The van der Waals surface area contributed by atoms with E-state index in [4.69, 9.17) is 10.5 Å². The summed E-state index contributed by atoms with van der Waals surface area (Å²) in [6.45, 7) is 5.47. The molecule has 21 heavy (non-hydrogen) atoms. The minimum Gasteiger partial charge on any atom is -0.394 e. The number of likely N-dealkylation sites (N-methyl/N-ethyl adjacent to an activating group) is 1. The largest absolute Gasteiger partial charge is 0.394 e. The van der Waals surface area contributed by atoms with Crippen molar-refractivity contribution in [3.63, 3.8) is 0 Å². The second kappa shape index (κ2) is 6.82. The fraction of sp³-hybridized carbons (Fsp3) is 0.500. The van der Waals surface area contributed by atoms with Crippen LogP contribution in [0.15, 0.2) is 12.1 Å². The van der Waals surface area contributed by atoms with Gasteiger partial charge in [0.2, 0.25) is 0 Å². The van der Waals surface area contributed by atoms with E-state index >= 15 is 0 Å². The molecule has 116 valence electrons.